The monoisotopic (exact) mass is 574 g/mol. The molecule has 3 aromatic carbocycles. The largest absolute Gasteiger partial charge is 0.345 e. The van der Waals surface area contributed by atoms with Crippen LogP contribution < -0.4 is 5.32 Å². The summed E-state index contributed by atoms with van der Waals surface area (Å²) in [6.07, 6.45) is 10.6. The number of aromatic amines is 1. The maximum absolute atomic E-state index is 13.3. The van der Waals surface area contributed by atoms with Crippen molar-refractivity contribution in [2.75, 3.05) is 18.4 Å². The van der Waals surface area contributed by atoms with Crippen molar-refractivity contribution in [2.24, 2.45) is 4.99 Å². The Labute approximate surface area is 248 Å². The number of amides is 2. The van der Waals surface area contributed by atoms with Gasteiger partial charge < -0.3 is 15.2 Å². The molecular weight excluding hydrogens is 544 g/mol. The molecule has 10 nitrogen and oxygen atoms in total. The first-order chi connectivity index (χ1) is 20.9. The Bertz CT molecular complexity index is 1710. The number of benzene rings is 3. The average molecular weight is 575 g/mol. The van der Waals surface area contributed by atoms with Gasteiger partial charge in [-0.05, 0) is 60.2 Å². The van der Waals surface area contributed by atoms with E-state index in [0.29, 0.717) is 35.6 Å². The number of rotatable bonds is 9. The number of hydrogen-bond acceptors (Lipinski definition) is 6. The van der Waals surface area contributed by atoms with Gasteiger partial charge in [-0.1, -0.05) is 42.5 Å². The Kier molecular flexibility index (Phi) is 7.90. The van der Waals surface area contributed by atoms with Crippen molar-refractivity contribution in [3.05, 3.63) is 117 Å². The quantitative estimate of drug-likeness (QED) is 0.146. The highest BCUT2D eigenvalue weighted by molar-refractivity contribution is 6.24. The summed E-state index contributed by atoms with van der Waals surface area (Å²) in [5.41, 5.74) is 5.77. The van der Waals surface area contributed by atoms with Crippen LogP contribution in [0, 0.1) is 10.1 Å². The number of aliphatic imine (C=N–C) groups is 1. The van der Waals surface area contributed by atoms with E-state index in [4.69, 9.17) is 4.99 Å². The van der Waals surface area contributed by atoms with Crippen molar-refractivity contribution in [2.45, 2.75) is 31.6 Å². The van der Waals surface area contributed by atoms with E-state index in [1.807, 2.05) is 65.6 Å². The molecule has 1 fully saturated rings. The van der Waals surface area contributed by atoms with Crippen LogP contribution in [0.15, 0.2) is 84.2 Å². The number of carbonyl (C=O) groups excluding carboxylic acids is 2. The molecule has 0 aliphatic carbocycles. The second-order valence-corrected chi connectivity index (χ2v) is 10.7. The lowest BCUT2D eigenvalue weighted by Crippen LogP contribution is -2.36. The molecule has 1 saturated heterocycles. The average Bonchev–Trinajstić information content (AvgIpc) is 3.66. The Morgan fingerprint density at radius 3 is 2.58 bits per heavy atom. The van der Waals surface area contributed by atoms with Gasteiger partial charge in [0.25, 0.3) is 5.69 Å². The number of likely N-dealkylation sites (tertiary alicyclic amines) is 1. The summed E-state index contributed by atoms with van der Waals surface area (Å²) < 4.78 is 0. The van der Waals surface area contributed by atoms with Crippen LogP contribution in [0.5, 0.6) is 0 Å². The van der Waals surface area contributed by atoms with E-state index in [1.165, 1.54) is 12.1 Å². The van der Waals surface area contributed by atoms with Crippen LogP contribution in [-0.4, -0.2) is 50.4 Å². The predicted molar refractivity (Wildman–Crippen MR) is 165 cm³/mol. The van der Waals surface area contributed by atoms with E-state index >= 15 is 0 Å². The number of nitrogens with one attached hydrogen (secondary N) is 2. The highest BCUT2D eigenvalue weighted by atomic mass is 16.6. The number of fused-ring (bicyclic) bond motifs is 1. The van der Waals surface area contributed by atoms with Gasteiger partial charge in [0.05, 0.1) is 34.5 Å². The van der Waals surface area contributed by atoms with Crippen molar-refractivity contribution in [3.63, 3.8) is 0 Å². The fourth-order valence-corrected chi connectivity index (χ4v) is 5.48. The number of carbonyl (C=O) groups is 2. The summed E-state index contributed by atoms with van der Waals surface area (Å²) in [5.74, 6) is -0.909. The molecule has 0 bridgehead atoms. The van der Waals surface area contributed by atoms with Gasteiger partial charge in [0, 0.05) is 42.9 Å². The van der Waals surface area contributed by atoms with Gasteiger partial charge in [-0.2, -0.15) is 0 Å². The number of piperidine rings is 1. The number of nitrogens with zero attached hydrogens (tertiary/aromatic N) is 4. The molecule has 2 aliphatic rings. The number of nitro groups is 1. The van der Waals surface area contributed by atoms with Crippen LogP contribution in [0.3, 0.4) is 0 Å². The summed E-state index contributed by atoms with van der Waals surface area (Å²) in [4.78, 5) is 50.5. The van der Waals surface area contributed by atoms with E-state index < -0.39 is 10.8 Å². The fourth-order valence-electron chi connectivity index (χ4n) is 5.48. The second-order valence-electron chi connectivity index (χ2n) is 10.7. The minimum absolute atomic E-state index is 0.0874. The Hall–Kier alpha value is -5.38. The minimum atomic E-state index is -0.827. The molecule has 3 heterocycles. The normalized spacial score (nSPS) is 16.9. The smallest absolute Gasteiger partial charge is 0.269 e. The third-order valence-corrected chi connectivity index (χ3v) is 7.81. The van der Waals surface area contributed by atoms with Crippen molar-refractivity contribution in [1.29, 1.82) is 0 Å². The van der Waals surface area contributed by atoms with Gasteiger partial charge in [0.15, 0.2) is 0 Å². The molecule has 0 spiro atoms. The van der Waals surface area contributed by atoms with Gasteiger partial charge in [-0.25, -0.2) is 4.98 Å². The first-order valence-corrected chi connectivity index (χ1v) is 14.3. The van der Waals surface area contributed by atoms with E-state index in [0.717, 1.165) is 48.2 Å². The van der Waals surface area contributed by atoms with Crippen LogP contribution in [0.2, 0.25) is 0 Å². The summed E-state index contributed by atoms with van der Waals surface area (Å²) in [6.45, 7) is 1.47. The fraction of sp³-hybridized carbons (Fsp3) is 0.212. The van der Waals surface area contributed by atoms with Crippen molar-refractivity contribution >= 4 is 46.7 Å². The Morgan fingerprint density at radius 1 is 1.05 bits per heavy atom. The van der Waals surface area contributed by atoms with Crippen molar-refractivity contribution < 1.29 is 14.5 Å². The highest BCUT2D eigenvalue weighted by Crippen LogP contribution is 2.38. The molecule has 0 saturated carbocycles. The summed E-state index contributed by atoms with van der Waals surface area (Å²) in [5, 5.41) is 14.4. The maximum Gasteiger partial charge on any atom is 0.269 e. The van der Waals surface area contributed by atoms with Crippen molar-refractivity contribution in [1.82, 2.24) is 14.9 Å². The zero-order chi connectivity index (χ0) is 29.8. The van der Waals surface area contributed by atoms with Gasteiger partial charge in [-0.3, -0.25) is 24.7 Å². The predicted octanol–water partition coefficient (Wildman–Crippen LogP) is 5.90. The third-order valence-electron chi connectivity index (χ3n) is 7.81. The number of aromatic nitrogens is 2. The Balaban J connectivity index is 1.31. The lowest BCUT2D eigenvalue weighted by Gasteiger charge is -2.26. The van der Waals surface area contributed by atoms with Gasteiger partial charge in [-0.15, -0.1) is 0 Å². The standard InChI is InChI=1S/C33H30N6O4/c40-30-3-1-2-17-38(30)18-16-23-4-9-24(10-5-23)32(31-28-19-27(39(42)43)14-15-29(28)37-33(31)41)36-25-11-6-22(7-12-25)8-13-26-20-34-21-35-26/h4-15,19-21,31H,1-3,16-18H2,(H,34,35)(H,37,41). The molecule has 1 unspecified atom stereocenters. The minimum Gasteiger partial charge on any atom is -0.345 e. The highest BCUT2D eigenvalue weighted by Gasteiger charge is 2.36. The number of hydrogen-bond donors (Lipinski definition) is 2. The maximum atomic E-state index is 13.3. The molecule has 0 radical (unpaired) electrons. The van der Waals surface area contributed by atoms with Gasteiger partial charge >= 0.3 is 0 Å². The first kappa shape index (κ1) is 27.8. The molecule has 10 heteroatoms. The summed E-state index contributed by atoms with van der Waals surface area (Å²) in [7, 11) is 0. The number of anilines is 1. The van der Waals surface area contributed by atoms with E-state index in [1.54, 1.807) is 18.6 Å². The summed E-state index contributed by atoms with van der Waals surface area (Å²) >= 11 is 0. The summed E-state index contributed by atoms with van der Waals surface area (Å²) in [6, 6.07) is 19.8. The molecule has 2 N–H and O–H groups in total. The topological polar surface area (TPSA) is 134 Å². The molecule has 2 amide bonds. The number of imidazole rings is 1. The van der Waals surface area contributed by atoms with Crippen LogP contribution in [0.4, 0.5) is 17.1 Å². The third kappa shape index (κ3) is 6.28. The Morgan fingerprint density at radius 2 is 1.86 bits per heavy atom. The lowest BCUT2D eigenvalue weighted by molar-refractivity contribution is -0.384. The second kappa shape index (κ2) is 12.2. The van der Waals surface area contributed by atoms with E-state index in [9.17, 15) is 19.7 Å². The van der Waals surface area contributed by atoms with Gasteiger partial charge in [0.1, 0.15) is 5.92 Å². The SMILES string of the molecule is O=C1Nc2ccc([N+](=O)[O-])cc2C1C(=Nc1ccc(C=Cc2cnc[nH]2)cc1)c1ccc(CCN2CCCCC2=O)cc1. The first-order valence-electron chi connectivity index (χ1n) is 14.3. The van der Waals surface area contributed by atoms with E-state index in [2.05, 4.69) is 15.3 Å². The number of nitro benzene ring substituents is 1. The number of H-pyrrole nitrogens is 1. The molecule has 6 rings (SSSR count). The van der Waals surface area contributed by atoms with Gasteiger partial charge in [0.2, 0.25) is 11.8 Å². The molecular formula is C33H30N6O4. The molecule has 1 atom stereocenters. The van der Waals surface area contributed by atoms with Crippen LogP contribution in [-0.2, 0) is 16.0 Å². The molecule has 1 aromatic heterocycles. The molecule has 2 aliphatic heterocycles. The van der Waals surface area contributed by atoms with E-state index in [-0.39, 0.29) is 17.5 Å². The number of non-ortho nitro benzene ring substituents is 1. The molecule has 4 aromatic rings. The molecule has 43 heavy (non-hydrogen) atoms. The zero-order valence-electron chi connectivity index (χ0n) is 23.4. The zero-order valence-corrected chi connectivity index (χ0v) is 23.4. The van der Waals surface area contributed by atoms with Crippen LogP contribution >= 0.6 is 0 Å². The van der Waals surface area contributed by atoms with Crippen molar-refractivity contribution in [3.8, 4) is 0 Å². The lowest BCUT2D eigenvalue weighted by atomic mass is 9.90. The molecule has 216 valence electrons. The van der Waals surface area contributed by atoms with Crippen LogP contribution in [0.1, 0.15) is 53.1 Å². The van der Waals surface area contributed by atoms with Crippen LogP contribution in [0.25, 0.3) is 12.2 Å².